The molecule has 4 heteroatoms. The highest BCUT2D eigenvalue weighted by Gasteiger charge is 2.02. The van der Waals surface area contributed by atoms with Crippen LogP contribution in [0.4, 0.5) is 0 Å². The van der Waals surface area contributed by atoms with Crippen molar-refractivity contribution in [2.45, 2.75) is 6.54 Å². The zero-order valence-electron chi connectivity index (χ0n) is 8.10. The molecular formula is C11H11N3O. The van der Waals surface area contributed by atoms with Gasteiger partial charge in [0.2, 0.25) is 0 Å². The summed E-state index contributed by atoms with van der Waals surface area (Å²) in [7, 11) is 0. The van der Waals surface area contributed by atoms with Gasteiger partial charge in [-0.1, -0.05) is 30.3 Å². The van der Waals surface area contributed by atoms with Gasteiger partial charge in [-0.3, -0.25) is 4.79 Å². The van der Waals surface area contributed by atoms with Gasteiger partial charge < -0.3 is 10.7 Å². The molecule has 3 N–H and O–H groups in total. The van der Waals surface area contributed by atoms with Gasteiger partial charge in [0.05, 0.1) is 0 Å². The Morgan fingerprint density at radius 2 is 2.00 bits per heavy atom. The first kappa shape index (κ1) is 9.61. The van der Waals surface area contributed by atoms with Crippen LogP contribution in [0.3, 0.4) is 0 Å². The monoisotopic (exact) mass is 201 g/mol. The van der Waals surface area contributed by atoms with E-state index in [9.17, 15) is 4.79 Å². The average Bonchev–Trinajstić information content (AvgIpc) is 2.30. The van der Waals surface area contributed by atoms with Crippen LogP contribution < -0.4 is 11.3 Å². The van der Waals surface area contributed by atoms with Gasteiger partial charge in [-0.05, 0) is 0 Å². The molecule has 0 saturated heterocycles. The van der Waals surface area contributed by atoms with E-state index in [-0.39, 0.29) is 12.1 Å². The Morgan fingerprint density at radius 1 is 1.27 bits per heavy atom. The highest BCUT2D eigenvalue weighted by Crippen LogP contribution is 2.11. The lowest BCUT2D eigenvalue weighted by atomic mass is 10.2. The van der Waals surface area contributed by atoms with E-state index < -0.39 is 0 Å². The lowest BCUT2D eigenvalue weighted by molar-refractivity contribution is 0.979. The highest BCUT2D eigenvalue weighted by atomic mass is 16.1. The molecule has 0 bridgehead atoms. The smallest absolute Gasteiger partial charge is 0.255 e. The third-order valence-electron chi connectivity index (χ3n) is 2.14. The summed E-state index contributed by atoms with van der Waals surface area (Å²) in [5, 5.41) is 0. The molecule has 2 rings (SSSR count). The van der Waals surface area contributed by atoms with Crippen molar-refractivity contribution in [3.05, 3.63) is 52.4 Å². The summed E-state index contributed by atoms with van der Waals surface area (Å²) in [6, 6.07) is 9.48. The van der Waals surface area contributed by atoms with Crippen LogP contribution in [-0.2, 0) is 6.54 Å². The second-order valence-corrected chi connectivity index (χ2v) is 3.16. The summed E-state index contributed by atoms with van der Waals surface area (Å²) in [5.74, 6) is 0.567. The van der Waals surface area contributed by atoms with Crippen molar-refractivity contribution in [1.82, 2.24) is 9.97 Å². The lowest BCUT2D eigenvalue weighted by Gasteiger charge is -2.01. The summed E-state index contributed by atoms with van der Waals surface area (Å²) in [6.07, 6.45) is 1.52. The average molecular weight is 201 g/mol. The third kappa shape index (κ3) is 1.94. The summed E-state index contributed by atoms with van der Waals surface area (Å²) in [5.41, 5.74) is 6.59. The van der Waals surface area contributed by atoms with Gasteiger partial charge in [0.25, 0.3) is 5.56 Å². The standard InChI is InChI=1S/C11H11N3O/c12-6-9-7-13-10(14-11(9)15)8-4-2-1-3-5-8/h1-5,7H,6,12H2,(H,13,14,15). The van der Waals surface area contributed by atoms with Gasteiger partial charge in [-0.25, -0.2) is 4.98 Å². The van der Waals surface area contributed by atoms with Crippen molar-refractivity contribution in [1.29, 1.82) is 0 Å². The van der Waals surface area contributed by atoms with E-state index in [2.05, 4.69) is 9.97 Å². The van der Waals surface area contributed by atoms with E-state index in [1.165, 1.54) is 6.20 Å². The molecule has 0 fully saturated rings. The fourth-order valence-electron chi connectivity index (χ4n) is 1.31. The van der Waals surface area contributed by atoms with Gasteiger partial charge in [-0.15, -0.1) is 0 Å². The topological polar surface area (TPSA) is 71.8 Å². The molecule has 0 aliphatic carbocycles. The Bertz CT molecular complexity index is 505. The summed E-state index contributed by atoms with van der Waals surface area (Å²) in [4.78, 5) is 18.3. The minimum absolute atomic E-state index is 0.175. The molecular weight excluding hydrogens is 190 g/mol. The molecule has 4 nitrogen and oxygen atoms in total. The van der Waals surface area contributed by atoms with Crippen molar-refractivity contribution in [3.8, 4) is 11.4 Å². The van der Waals surface area contributed by atoms with Gasteiger partial charge in [0.15, 0.2) is 0 Å². The molecule has 0 aliphatic heterocycles. The van der Waals surface area contributed by atoms with Crippen molar-refractivity contribution >= 4 is 0 Å². The Labute approximate surface area is 86.8 Å². The lowest BCUT2D eigenvalue weighted by Crippen LogP contribution is -2.17. The molecule has 1 heterocycles. The maximum absolute atomic E-state index is 11.5. The SMILES string of the molecule is NCc1cnc(-c2ccccc2)[nH]c1=O. The predicted molar refractivity (Wildman–Crippen MR) is 58.2 cm³/mol. The Morgan fingerprint density at radius 3 is 2.60 bits per heavy atom. The van der Waals surface area contributed by atoms with Crippen molar-refractivity contribution in [2.24, 2.45) is 5.73 Å². The molecule has 76 valence electrons. The van der Waals surface area contributed by atoms with E-state index in [1.807, 2.05) is 30.3 Å². The van der Waals surface area contributed by atoms with Crippen LogP contribution in [-0.4, -0.2) is 9.97 Å². The normalized spacial score (nSPS) is 10.2. The van der Waals surface area contributed by atoms with Gasteiger partial charge in [0, 0.05) is 23.9 Å². The quantitative estimate of drug-likeness (QED) is 0.758. The maximum Gasteiger partial charge on any atom is 0.255 e. The minimum Gasteiger partial charge on any atom is -0.326 e. The van der Waals surface area contributed by atoms with Gasteiger partial charge in [-0.2, -0.15) is 0 Å². The number of aromatic amines is 1. The zero-order chi connectivity index (χ0) is 10.7. The number of H-pyrrole nitrogens is 1. The van der Waals surface area contributed by atoms with E-state index in [0.717, 1.165) is 5.56 Å². The largest absolute Gasteiger partial charge is 0.326 e. The highest BCUT2D eigenvalue weighted by molar-refractivity contribution is 5.53. The van der Waals surface area contributed by atoms with E-state index >= 15 is 0 Å². The first-order chi connectivity index (χ1) is 7.31. The van der Waals surface area contributed by atoms with Gasteiger partial charge >= 0.3 is 0 Å². The van der Waals surface area contributed by atoms with Crippen LogP contribution in [0.5, 0.6) is 0 Å². The molecule has 1 aromatic carbocycles. The molecule has 0 atom stereocenters. The molecule has 0 radical (unpaired) electrons. The van der Waals surface area contributed by atoms with Crippen LogP contribution in [0.2, 0.25) is 0 Å². The second kappa shape index (κ2) is 4.06. The fourth-order valence-corrected chi connectivity index (χ4v) is 1.31. The van der Waals surface area contributed by atoms with Crippen LogP contribution >= 0.6 is 0 Å². The van der Waals surface area contributed by atoms with Crippen LogP contribution in [0.15, 0.2) is 41.3 Å². The summed E-state index contributed by atoms with van der Waals surface area (Å²) < 4.78 is 0. The fraction of sp³-hybridized carbons (Fsp3) is 0.0909. The van der Waals surface area contributed by atoms with Crippen molar-refractivity contribution in [2.75, 3.05) is 0 Å². The molecule has 1 aromatic heterocycles. The Kier molecular flexibility index (Phi) is 2.60. The summed E-state index contributed by atoms with van der Waals surface area (Å²) in [6.45, 7) is 0.206. The number of rotatable bonds is 2. The van der Waals surface area contributed by atoms with Crippen molar-refractivity contribution in [3.63, 3.8) is 0 Å². The van der Waals surface area contributed by atoms with Crippen molar-refractivity contribution < 1.29 is 0 Å². The number of hydrogen-bond donors (Lipinski definition) is 2. The van der Waals surface area contributed by atoms with Crippen LogP contribution in [0, 0.1) is 0 Å². The Hall–Kier alpha value is -1.94. The molecule has 2 aromatic rings. The first-order valence-corrected chi connectivity index (χ1v) is 4.65. The maximum atomic E-state index is 11.5. The molecule has 0 spiro atoms. The Balaban J connectivity index is 2.48. The van der Waals surface area contributed by atoms with Gasteiger partial charge in [0.1, 0.15) is 5.82 Å². The molecule has 0 unspecified atom stereocenters. The first-order valence-electron chi connectivity index (χ1n) is 4.65. The molecule has 15 heavy (non-hydrogen) atoms. The molecule has 0 aliphatic rings. The zero-order valence-corrected chi connectivity index (χ0v) is 8.10. The number of nitrogens with zero attached hydrogens (tertiary/aromatic N) is 1. The second-order valence-electron chi connectivity index (χ2n) is 3.16. The van der Waals surface area contributed by atoms with E-state index in [0.29, 0.717) is 11.4 Å². The number of nitrogens with two attached hydrogens (primary N) is 1. The predicted octanol–water partition coefficient (Wildman–Crippen LogP) is 0.896. The number of benzene rings is 1. The molecule has 0 amide bonds. The van der Waals surface area contributed by atoms with Crippen LogP contribution in [0.1, 0.15) is 5.56 Å². The van der Waals surface area contributed by atoms with E-state index in [4.69, 9.17) is 5.73 Å². The number of hydrogen-bond acceptors (Lipinski definition) is 3. The summed E-state index contributed by atoms with van der Waals surface area (Å²) >= 11 is 0. The van der Waals surface area contributed by atoms with Crippen LogP contribution in [0.25, 0.3) is 11.4 Å². The molecule has 0 saturated carbocycles. The minimum atomic E-state index is -0.175. The number of aromatic nitrogens is 2. The van der Waals surface area contributed by atoms with E-state index in [1.54, 1.807) is 0 Å². The number of nitrogens with one attached hydrogen (secondary N) is 1. The third-order valence-corrected chi connectivity index (χ3v) is 2.14.